The first-order valence-corrected chi connectivity index (χ1v) is 7.60. The largest absolute Gasteiger partial charge is 0.478 e. The number of rotatable bonds is 3. The summed E-state index contributed by atoms with van der Waals surface area (Å²) in [5, 5.41) is 13.5. The molecule has 1 fully saturated rings. The van der Waals surface area contributed by atoms with E-state index in [-0.39, 0.29) is 0 Å². The van der Waals surface area contributed by atoms with Gasteiger partial charge in [0.05, 0.1) is 29.3 Å². The molecule has 1 aliphatic heterocycles. The lowest BCUT2D eigenvalue weighted by Crippen LogP contribution is -2.36. The van der Waals surface area contributed by atoms with Crippen LogP contribution >= 0.6 is 22.7 Å². The number of aromatic nitrogens is 1. The van der Waals surface area contributed by atoms with E-state index in [2.05, 4.69) is 9.88 Å². The van der Waals surface area contributed by atoms with Gasteiger partial charge in [-0.1, -0.05) is 0 Å². The Morgan fingerprint density at radius 1 is 1.32 bits per heavy atom. The normalized spacial score (nSPS) is 15.7. The lowest BCUT2D eigenvalue weighted by atomic mass is 10.3. The van der Waals surface area contributed by atoms with Crippen molar-refractivity contribution in [2.75, 3.05) is 31.2 Å². The number of morpholine rings is 1. The second kappa shape index (κ2) is 5.28. The average molecular weight is 296 g/mol. The number of anilines is 1. The summed E-state index contributed by atoms with van der Waals surface area (Å²) in [6.45, 7) is 3.18. The minimum Gasteiger partial charge on any atom is -0.478 e. The number of hydrogen-bond acceptors (Lipinski definition) is 6. The zero-order chi connectivity index (χ0) is 13.2. The van der Waals surface area contributed by atoms with Crippen molar-refractivity contribution in [2.24, 2.45) is 0 Å². The molecule has 0 aromatic carbocycles. The molecule has 0 aliphatic carbocycles. The van der Waals surface area contributed by atoms with Crippen molar-refractivity contribution in [2.45, 2.75) is 0 Å². The minimum atomic E-state index is -0.897. The van der Waals surface area contributed by atoms with Gasteiger partial charge in [0.2, 0.25) is 0 Å². The highest BCUT2D eigenvalue weighted by Gasteiger charge is 2.16. The van der Waals surface area contributed by atoms with Crippen LogP contribution in [0.3, 0.4) is 0 Å². The summed E-state index contributed by atoms with van der Waals surface area (Å²) < 4.78 is 5.31. The van der Waals surface area contributed by atoms with E-state index in [1.165, 1.54) is 11.3 Å². The predicted octanol–water partition coefficient (Wildman–Crippen LogP) is 2.41. The van der Waals surface area contributed by atoms with E-state index in [1.54, 1.807) is 22.8 Å². The molecule has 3 heterocycles. The van der Waals surface area contributed by atoms with Crippen molar-refractivity contribution < 1.29 is 14.6 Å². The first-order valence-electron chi connectivity index (χ1n) is 5.84. The first-order chi connectivity index (χ1) is 9.24. The Morgan fingerprint density at radius 2 is 2.11 bits per heavy atom. The minimum absolute atomic E-state index is 0.320. The molecule has 0 bridgehead atoms. The topological polar surface area (TPSA) is 62.7 Å². The molecule has 2 aromatic rings. The van der Waals surface area contributed by atoms with E-state index in [4.69, 9.17) is 9.84 Å². The highest BCUT2D eigenvalue weighted by atomic mass is 32.1. The molecule has 3 rings (SSSR count). The molecule has 0 spiro atoms. The Labute approximate surface area is 118 Å². The summed E-state index contributed by atoms with van der Waals surface area (Å²) in [5.41, 5.74) is 1.17. The van der Waals surface area contributed by atoms with Crippen LogP contribution in [0, 0.1) is 0 Å². The Hall–Kier alpha value is -1.44. The maximum absolute atomic E-state index is 10.9. The van der Waals surface area contributed by atoms with Gasteiger partial charge in [-0.3, -0.25) is 0 Å². The molecule has 5 nitrogen and oxygen atoms in total. The zero-order valence-corrected chi connectivity index (χ0v) is 11.7. The van der Waals surface area contributed by atoms with E-state index < -0.39 is 5.97 Å². The van der Waals surface area contributed by atoms with Gasteiger partial charge in [-0.05, 0) is 6.07 Å². The Kier molecular flexibility index (Phi) is 3.50. The van der Waals surface area contributed by atoms with Crippen LogP contribution in [0.2, 0.25) is 0 Å². The SMILES string of the molecule is O=C(O)c1csc(-c2csc(N3CCOCC3)n2)c1. The number of carboxylic acid groups (broad SMARTS) is 1. The monoisotopic (exact) mass is 296 g/mol. The summed E-state index contributed by atoms with van der Waals surface area (Å²) >= 11 is 3.00. The number of nitrogens with zero attached hydrogens (tertiary/aromatic N) is 2. The molecule has 1 aliphatic rings. The Balaban J connectivity index is 1.81. The molecule has 100 valence electrons. The van der Waals surface area contributed by atoms with Crippen molar-refractivity contribution in [1.82, 2.24) is 4.98 Å². The molecular formula is C12H12N2O3S2. The highest BCUT2D eigenvalue weighted by molar-refractivity contribution is 7.16. The Bertz CT molecular complexity index is 587. The maximum Gasteiger partial charge on any atom is 0.336 e. The van der Waals surface area contributed by atoms with Gasteiger partial charge < -0.3 is 14.7 Å². The van der Waals surface area contributed by atoms with E-state index in [0.29, 0.717) is 5.56 Å². The van der Waals surface area contributed by atoms with Crippen molar-refractivity contribution in [3.63, 3.8) is 0 Å². The number of thiazole rings is 1. The summed E-state index contributed by atoms with van der Waals surface area (Å²) in [5.74, 6) is -0.897. The number of aromatic carboxylic acids is 1. The predicted molar refractivity (Wildman–Crippen MR) is 75.4 cm³/mol. The molecule has 0 unspecified atom stereocenters. The van der Waals surface area contributed by atoms with Crippen LogP contribution in [0.15, 0.2) is 16.8 Å². The summed E-state index contributed by atoms with van der Waals surface area (Å²) in [4.78, 5) is 18.5. The summed E-state index contributed by atoms with van der Waals surface area (Å²) in [6.07, 6.45) is 0. The van der Waals surface area contributed by atoms with Crippen molar-refractivity contribution >= 4 is 33.8 Å². The number of carboxylic acids is 1. The molecule has 1 saturated heterocycles. The van der Waals surface area contributed by atoms with E-state index in [9.17, 15) is 4.79 Å². The number of carbonyl (C=O) groups is 1. The van der Waals surface area contributed by atoms with Crippen LogP contribution in [-0.2, 0) is 4.74 Å². The zero-order valence-electron chi connectivity index (χ0n) is 10.0. The van der Waals surface area contributed by atoms with Crippen molar-refractivity contribution in [3.05, 3.63) is 22.4 Å². The number of ether oxygens (including phenoxy) is 1. The van der Waals surface area contributed by atoms with Gasteiger partial charge in [0, 0.05) is 23.8 Å². The van der Waals surface area contributed by atoms with Gasteiger partial charge in [0.1, 0.15) is 0 Å². The van der Waals surface area contributed by atoms with Crippen LogP contribution in [0.25, 0.3) is 10.6 Å². The Morgan fingerprint density at radius 3 is 2.79 bits per heavy atom. The lowest BCUT2D eigenvalue weighted by Gasteiger charge is -2.25. The lowest BCUT2D eigenvalue weighted by molar-refractivity contribution is 0.0697. The second-order valence-electron chi connectivity index (χ2n) is 4.12. The molecule has 19 heavy (non-hydrogen) atoms. The maximum atomic E-state index is 10.9. The highest BCUT2D eigenvalue weighted by Crippen LogP contribution is 2.31. The quantitative estimate of drug-likeness (QED) is 0.942. The van der Waals surface area contributed by atoms with E-state index in [0.717, 1.165) is 42.0 Å². The van der Waals surface area contributed by atoms with Gasteiger partial charge in [0.25, 0.3) is 0 Å². The van der Waals surface area contributed by atoms with E-state index >= 15 is 0 Å². The summed E-state index contributed by atoms with van der Waals surface area (Å²) in [7, 11) is 0. The van der Waals surface area contributed by atoms with Crippen LogP contribution in [0.4, 0.5) is 5.13 Å². The molecule has 1 N–H and O–H groups in total. The van der Waals surface area contributed by atoms with E-state index in [1.807, 2.05) is 5.38 Å². The fourth-order valence-corrected chi connectivity index (χ4v) is 3.66. The fraction of sp³-hybridized carbons (Fsp3) is 0.333. The van der Waals surface area contributed by atoms with Crippen LogP contribution in [0.1, 0.15) is 10.4 Å². The molecule has 7 heteroatoms. The summed E-state index contributed by atoms with van der Waals surface area (Å²) in [6, 6.07) is 1.67. The fourth-order valence-electron chi connectivity index (χ4n) is 1.86. The smallest absolute Gasteiger partial charge is 0.336 e. The second-order valence-corrected chi connectivity index (χ2v) is 5.87. The first kappa shape index (κ1) is 12.6. The van der Waals surface area contributed by atoms with Gasteiger partial charge in [0.15, 0.2) is 5.13 Å². The molecule has 0 radical (unpaired) electrons. The van der Waals surface area contributed by atoms with Crippen molar-refractivity contribution in [1.29, 1.82) is 0 Å². The molecule has 0 amide bonds. The average Bonchev–Trinajstić information content (AvgIpc) is 3.09. The molecule has 0 atom stereocenters. The third-order valence-corrected chi connectivity index (χ3v) is 4.73. The van der Waals surface area contributed by atoms with Crippen LogP contribution in [0.5, 0.6) is 0 Å². The van der Waals surface area contributed by atoms with Crippen LogP contribution < -0.4 is 4.90 Å². The third-order valence-electron chi connectivity index (χ3n) is 2.87. The van der Waals surface area contributed by atoms with Gasteiger partial charge >= 0.3 is 5.97 Å². The van der Waals surface area contributed by atoms with Gasteiger partial charge in [-0.25, -0.2) is 9.78 Å². The standard InChI is InChI=1S/C12H12N2O3S2/c15-11(16)8-5-10(18-6-8)9-7-19-12(13-9)14-1-3-17-4-2-14/h5-7H,1-4H2,(H,15,16). The molecular weight excluding hydrogens is 284 g/mol. The van der Waals surface area contributed by atoms with Crippen molar-refractivity contribution in [3.8, 4) is 10.6 Å². The number of thiophene rings is 1. The van der Waals surface area contributed by atoms with Crippen LogP contribution in [-0.4, -0.2) is 42.4 Å². The molecule has 2 aromatic heterocycles. The third kappa shape index (κ3) is 2.63. The van der Waals surface area contributed by atoms with Gasteiger partial charge in [-0.2, -0.15) is 0 Å². The number of hydrogen-bond donors (Lipinski definition) is 1. The van der Waals surface area contributed by atoms with Gasteiger partial charge in [-0.15, -0.1) is 22.7 Å². The molecule has 0 saturated carbocycles.